The van der Waals surface area contributed by atoms with E-state index in [1.54, 1.807) is 0 Å². The number of benzene rings is 1. The zero-order valence-corrected chi connectivity index (χ0v) is 12.7. The zero-order valence-electron chi connectivity index (χ0n) is 12.7. The molecular weight excluding hydrogens is 320 g/mol. The highest BCUT2D eigenvalue weighted by Crippen LogP contribution is 2.47. The molecule has 4 N–H and O–H groups in total. The van der Waals surface area contributed by atoms with Crippen LogP contribution in [0.15, 0.2) is 18.2 Å². The Morgan fingerprint density at radius 1 is 1.29 bits per heavy atom. The number of rotatable bonds is 2. The maximum Gasteiger partial charge on any atom is 0.305 e. The van der Waals surface area contributed by atoms with E-state index in [0.717, 1.165) is 0 Å². The molecule has 24 heavy (non-hydrogen) atoms. The molecule has 3 rings (SSSR count). The van der Waals surface area contributed by atoms with Crippen LogP contribution in [0, 0.1) is 0 Å². The molecule has 1 saturated heterocycles. The van der Waals surface area contributed by atoms with Gasteiger partial charge in [-0.25, -0.2) is 0 Å². The zero-order chi connectivity index (χ0) is 17.9. The average Bonchev–Trinajstić information content (AvgIpc) is 2.49. The summed E-state index contributed by atoms with van der Waals surface area (Å²) in [5.41, 5.74) is -5.72. The molecule has 1 aliphatic carbocycles. The van der Waals surface area contributed by atoms with Gasteiger partial charge in [0.25, 0.3) is 0 Å². The van der Waals surface area contributed by atoms with E-state index >= 15 is 0 Å². The van der Waals surface area contributed by atoms with Gasteiger partial charge in [0.05, 0.1) is 24.2 Å². The number of phenolic OH excluding ortho intramolecular Hbond substituents is 1. The van der Waals surface area contributed by atoms with Crippen LogP contribution in [0.25, 0.3) is 0 Å². The topological polar surface area (TPSA) is 141 Å². The Balaban J connectivity index is 2.18. The second-order valence-corrected chi connectivity index (χ2v) is 6.19. The van der Waals surface area contributed by atoms with Gasteiger partial charge in [-0.3, -0.25) is 14.4 Å². The van der Waals surface area contributed by atoms with Gasteiger partial charge in [-0.05, 0) is 13.0 Å². The van der Waals surface area contributed by atoms with E-state index in [1.807, 2.05) is 0 Å². The third kappa shape index (κ3) is 1.94. The lowest BCUT2D eigenvalue weighted by atomic mass is 9.61. The number of carbonyl (C=O) groups is 3. The number of Topliss-reactive ketones (excluding diaryl/α,β-unsaturated/α-hetero) is 2. The molecule has 8 heteroatoms. The molecule has 0 amide bonds. The Morgan fingerprint density at radius 2 is 1.96 bits per heavy atom. The number of ether oxygens (including phenoxy) is 1. The number of phenols is 1. The van der Waals surface area contributed by atoms with Gasteiger partial charge < -0.3 is 25.2 Å². The molecule has 0 unspecified atom stereocenters. The number of carbonyl (C=O) groups excluding carboxylic acids is 2. The fraction of sp³-hybridized carbons (Fsp3) is 0.438. The Labute approximate surface area is 136 Å². The van der Waals surface area contributed by atoms with Crippen molar-refractivity contribution in [3.63, 3.8) is 0 Å². The maximum atomic E-state index is 12.8. The van der Waals surface area contributed by atoms with Crippen LogP contribution in [0.2, 0.25) is 0 Å². The number of aromatic hydroxyl groups is 1. The highest BCUT2D eigenvalue weighted by Gasteiger charge is 2.69. The summed E-state index contributed by atoms with van der Waals surface area (Å²) in [6.07, 6.45) is -3.42. The fourth-order valence-corrected chi connectivity index (χ4v) is 3.59. The van der Waals surface area contributed by atoms with Crippen molar-refractivity contribution < 1.29 is 39.5 Å². The number of aliphatic carboxylic acids is 1. The summed E-state index contributed by atoms with van der Waals surface area (Å²) in [5.74, 6) is -3.66. The molecule has 1 heterocycles. The van der Waals surface area contributed by atoms with E-state index in [1.165, 1.54) is 25.1 Å². The first kappa shape index (κ1) is 16.6. The van der Waals surface area contributed by atoms with Crippen LogP contribution < -0.4 is 0 Å². The molecule has 128 valence electrons. The highest BCUT2D eigenvalue weighted by atomic mass is 16.5. The van der Waals surface area contributed by atoms with Crippen LogP contribution in [-0.4, -0.2) is 61.4 Å². The van der Waals surface area contributed by atoms with Gasteiger partial charge in [0.1, 0.15) is 5.75 Å². The average molecular weight is 336 g/mol. The highest BCUT2D eigenvalue weighted by molar-refractivity contribution is 6.23. The van der Waals surface area contributed by atoms with Gasteiger partial charge in [-0.2, -0.15) is 0 Å². The monoisotopic (exact) mass is 336 g/mol. The smallest absolute Gasteiger partial charge is 0.305 e. The first-order valence-electron chi connectivity index (χ1n) is 7.36. The van der Waals surface area contributed by atoms with Gasteiger partial charge in [-0.15, -0.1) is 0 Å². The van der Waals surface area contributed by atoms with Crippen molar-refractivity contribution in [3.8, 4) is 5.75 Å². The van der Waals surface area contributed by atoms with E-state index in [9.17, 15) is 29.7 Å². The summed E-state index contributed by atoms with van der Waals surface area (Å²) in [7, 11) is 0. The van der Waals surface area contributed by atoms with Crippen molar-refractivity contribution >= 4 is 17.5 Å². The van der Waals surface area contributed by atoms with Gasteiger partial charge in [0, 0.05) is 12.0 Å². The molecule has 1 aromatic carbocycles. The minimum atomic E-state index is -2.61. The summed E-state index contributed by atoms with van der Waals surface area (Å²) < 4.78 is 5.36. The van der Waals surface area contributed by atoms with Gasteiger partial charge in [0.15, 0.2) is 17.0 Å². The van der Waals surface area contributed by atoms with Gasteiger partial charge in [0.2, 0.25) is 5.78 Å². The van der Waals surface area contributed by atoms with Crippen molar-refractivity contribution in [3.05, 3.63) is 29.3 Å². The maximum absolute atomic E-state index is 12.8. The largest absolute Gasteiger partial charge is 0.507 e. The molecule has 1 aromatic rings. The van der Waals surface area contributed by atoms with Crippen LogP contribution >= 0.6 is 0 Å². The molecule has 8 nitrogen and oxygen atoms in total. The Morgan fingerprint density at radius 3 is 2.58 bits per heavy atom. The summed E-state index contributed by atoms with van der Waals surface area (Å²) in [4.78, 5) is 36.4. The van der Waals surface area contributed by atoms with Crippen molar-refractivity contribution in [2.45, 2.75) is 43.2 Å². The molecule has 0 saturated carbocycles. The molecule has 0 radical (unpaired) electrons. The lowest BCUT2D eigenvalue weighted by molar-refractivity contribution is -0.228. The van der Waals surface area contributed by atoms with E-state index < -0.39 is 59.5 Å². The lowest BCUT2D eigenvalue weighted by Crippen LogP contribution is -2.75. The Hall–Kier alpha value is -2.29. The Kier molecular flexibility index (Phi) is 3.52. The number of aliphatic hydroxyl groups is 2. The summed E-state index contributed by atoms with van der Waals surface area (Å²) in [6, 6.07) is 3.79. The van der Waals surface area contributed by atoms with Crippen LogP contribution in [0.1, 0.15) is 40.5 Å². The van der Waals surface area contributed by atoms with E-state index in [0.29, 0.717) is 0 Å². The molecule has 4 atom stereocenters. The van der Waals surface area contributed by atoms with Crippen molar-refractivity contribution in [2.24, 2.45) is 0 Å². The number of hydrogen-bond acceptors (Lipinski definition) is 7. The predicted molar refractivity (Wildman–Crippen MR) is 77.9 cm³/mol. The van der Waals surface area contributed by atoms with Gasteiger partial charge >= 0.3 is 5.97 Å². The molecule has 1 aliphatic heterocycles. The summed E-state index contributed by atoms with van der Waals surface area (Å²) >= 11 is 0. The van der Waals surface area contributed by atoms with Crippen LogP contribution in [0.5, 0.6) is 5.75 Å². The number of fused-ring (bicyclic) bond motifs is 2. The van der Waals surface area contributed by atoms with Crippen molar-refractivity contribution in [1.29, 1.82) is 0 Å². The second-order valence-electron chi connectivity index (χ2n) is 6.19. The second kappa shape index (κ2) is 5.10. The van der Waals surface area contributed by atoms with E-state index in [-0.39, 0.29) is 11.1 Å². The standard InChI is InChI=1S/C16H16O8/c1-7-16(23)14(21)12-9(3-2-4-10(12)17)13(20)15(16,22)6-8(24-7)5-11(18)19/h2-4,7-8,17,22-23H,5-6H2,1H3,(H,18,19)/t7-,8+,15-,16+/m1/s1. The van der Waals surface area contributed by atoms with Gasteiger partial charge in [-0.1, -0.05) is 12.1 Å². The third-order valence-corrected chi connectivity index (χ3v) is 4.78. The van der Waals surface area contributed by atoms with E-state index in [2.05, 4.69) is 0 Å². The molecular formula is C16H16O8. The number of carboxylic acids is 1. The molecule has 0 aromatic heterocycles. The fourth-order valence-electron chi connectivity index (χ4n) is 3.59. The Bertz CT molecular complexity index is 756. The molecule has 2 aliphatic rings. The third-order valence-electron chi connectivity index (χ3n) is 4.78. The first-order valence-corrected chi connectivity index (χ1v) is 7.36. The number of ketones is 2. The predicted octanol–water partition coefficient (Wildman–Crippen LogP) is -0.114. The minimum Gasteiger partial charge on any atom is -0.507 e. The first-order chi connectivity index (χ1) is 11.1. The SMILES string of the molecule is C[C@H]1O[C@@H](CC(=O)O)C[C@@]2(O)C(=O)c3cccc(O)c3C(=O)[C@@]12O. The van der Waals surface area contributed by atoms with Crippen molar-refractivity contribution in [1.82, 2.24) is 0 Å². The lowest BCUT2D eigenvalue weighted by Gasteiger charge is -2.52. The number of carboxylic acid groups (broad SMARTS) is 1. The quantitative estimate of drug-likeness (QED) is 0.586. The molecule has 0 spiro atoms. The normalized spacial score (nSPS) is 35.3. The van der Waals surface area contributed by atoms with Crippen LogP contribution in [0.4, 0.5) is 0 Å². The molecule has 1 fully saturated rings. The summed E-state index contributed by atoms with van der Waals surface area (Å²) in [5, 5.41) is 40.6. The van der Waals surface area contributed by atoms with Crippen LogP contribution in [-0.2, 0) is 9.53 Å². The van der Waals surface area contributed by atoms with E-state index in [4.69, 9.17) is 9.84 Å². The van der Waals surface area contributed by atoms with Crippen LogP contribution in [0.3, 0.4) is 0 Å². The molecule has 0 bridgehead atoms. The van der Waals surface area contributed by atoms with Crippen molar-refractivity contribution in [2.75, 3.05) is 0 Å². The number of hydrogen-bond donors (Lipinski definition) is 4. The minimum absolute atomic E-state index is 0.213. The summed E-state index contributed by atoms with van der Waals surface area (Å²) in [6.45, 7) is 1.27.